The van der Waals surface area contributed by atoms with Crippen LogP contribution in [0.3, 0.4) is 0 Å². The number of nitrogens with two attached hydrogens (primary N) is 1. The number of hydrogen-bond donors (Lipinski definition) is 6. The van der Waals surface area contributed by atoms with E-state index >= 15 is 0 Å². The summed E-state index contributed by atoms with van der Waals surface area (Å²) in [6.45, 7) is 0.782. The molecule has 0 aliphatic heterocycles. The van der Waals surface area contributed by atoms with Crippen molar-refractivity contribution in [3.05, 3.63) is 29.8 Å². The minimum absolute atomic E-state index is 0.0412. The van der Waals surface area contributed by atoms with Crippen LogP contribution < -0.4 is 21.8 Å². The Morgan fingerprint density at radius 1 is 1.25 bits per heavy atom. The van der Waals surface area contributed by atoms with Crippen molar-refractivity contribution in [2.75, 3.05) is 13.6 Å². The van der Waals surface area contributed by atoms with Crippen molar-refractivity contribution >= 4 is 11.8 Å². The third kappa shape index (κ3) is 7.40. The molecule has 0 aliphatic rings. The molecule has 0 aliphatic carbocycles. The van der Waals surface area contributed by atoms with E-state index in [1.807, 2.05) is 7.05 Å². The molecule has 8 nitrogen and oxygen atoms in total. The Balaban J connectivity index is 2.55. The normalized spacial score (nSPS) is 13.2. The highest BCUT2D eigenvalue weighted by atomic mass is 16.5. The van der Waals surface area contributed by atoms with Gasteiger partial charge < -0.3 is 26.7 Å². The lowest BCUT2D eigenvalue weighted by molar-refractivity contribution is -0.128. The molecule has 0 aromatic heterocycles. The average Bonchev–Trinajstić information content (AvgIpc) is 2.55. The van der Waals surface area contributed by atoms with Gasteiger partial charge in [-0.3, -0.25) is 9.59 Å². The van der Waals surface area contributed by atoms with Crippen LogP contribution in [0.15, 0.2) is 24.3 Å². The van der Waals surface area contributed by atoms with Crippen LogP contribution in [0.25, 0.3) is 0 Å². The number of carbonyl (C=O) groups excluding carboxylic acids is 2. The van der Waals surface area contributed by atoms with E-state index in [9.17, 15) is 14.7 Å². The van der Waals surface area contributed by atoms with E-state index in [4.69, 9.17) is 10.9 Å². The smallest absolute Gasteiger partial charge is 0.240 e. The summed E-state index contributed by atoms with van der Waals surface area (Å²) >= 11 is 0. The molecular formula is C16H26N4O4. The number of nitrogens with one attached hydrogen (secondary N) is 3. The zero-order chi connectivity index (χ0) is 17.9. The standard InChI is InChI=1S/C16H26N4O4/c1-18-8-2-3-12(20-24)10-15(22)19-14(16(17)23)9-11-4-6-13(21)7-5-11/h4-7,12,14,18,20-21,24H,2-3,8-10H2,1H3,(H2,17,23)(H,19,22)/t12-,14-/m0/s1. The van der Waals surface area contributed by atoms with Gasteiger partial charge in [-0.1, -0.05) is 12.1 Å². The maximum atomic E-state index is 12.1. The number of phenolic OH excluding ortho intramolecular Hbond substituents is 1. The van der Waals surface area contributed by atoms with Crippen molar-refractivity contribution in [1.82, 2.24) is 16.1 Å². The van der Waals surface area contributed by atoms with Crippen LogP contribution in [0.1, 0.15) is 24.8 Å². The van der Waals surface area contributed by atoms with Gasteiger partial charge in [0.25, 0.3) is 0 Å². The van der Waals surface area contributed by atoms with Gasteiger partial charge in [0.1, 0.15) is 11.8 Å². The lowest BCUT2D eigenvalue weighted by atomic mass is 10.0. The second kappa shape index (κ2) is 10.6. The van der Waals surface area contributed by atoms with E-state index in [-0.39, 0.29) is 30.5 Å². The second-order valence-electron chi connectivity index (χ2n) is 5.67. The van der Waals surface area contributed by atoms with Crippen molar-refractivity contribution in [2.45, 2.75) is 37.8 Å². The highest BCUT2D eigenvalue weighted by Gasteiger charge is 2.20. The van der Waals surface area contributed by atoms with E-state index in [0.717, 1.165) is 18.5 Å². The van der Waals surface area contributed by atoms with Gasteiger partial charge in [0.2, 0.25) is 11.8 Å². The number of benzene rings is 1. The molecule has 0 saturated carbocycles. The highest BCUT2D eigenvalue weighted by molar-refractivity contribution is 5.87. The minimum Gasteiger partial charge on any atom is -0.508 e. The monoisotopic (exact) mass is 338 g/mol. The fourth-order valence-corrected chi connectivity index (χ4v) is 2.31. The zero-order valence-electron chi connectivity index (χ0n) is 13.8. The first-order valence-electron chi connectivity index (χ1n) is 7.87. The van der Waals surface area contributed by atoms with E-state index in [1.165, 1.54) is 12.1 Å². The summed E-state index contributed by atoms with van der Waals surface area (Å²) in [6, 6.07) is 5.09. The fraction of sp³-hybridized carbons (Fsp3) is 0.500. The third-order valence-electron chi connectivity index (χ3n) is 3.65. The largest absolute Gasteiger partial charge is 0.508 e. The molecule has 1 aromatic rings. The molecule has 7 N–H and O–H groups in total. The molecule has 0 heterocycles. The Labute approximate surface area is 141 Å². The Morgan fingerprint density at radius 3 is 2.46 bits per heavy atom. The van der Waals surface area contributed by atoms with Gasteiger partial charge in [-0.15, -0.1) is 0 Å². The maximum absolute atomic E-state index is 12.1. The number of aromatic hydroxyl groups is 1. The number of hydroxylamine groups is 1. The molecular weight excluding hydrogens is 312 g/mol. The zero-order valence-corrected chi connectivity index (χ0v) is 13.8. The second-order valence-corrected chi connectivity index (χ2v) is 5.67. The summed E-state index contributed by atoms with van der Waals surface area (Å²) < 4.78 is 0. The van der Waals surface area contributed by atoms with E-state index in [2.05, 4.69) is 16.1 Å². The summed E-state index contributed by atoms with van der Waals surface area (Å²) in [5.74, 6) is -0.884. The van der Waals surface area contributed by atoms with Gasteiger partial charge in [0.05, 0.1) is 0 Å². The van der Waals surface area contributed by atoms with Gasteiger partial charge in [0.15, 0.2) is 0 Å². The molecule has 2 atom stereocenters. The van der Waals surface area contributed by atoms with Crippen molar-refractivity contribution in [1.29, 1.82) is 0 Å². The van der Waals surface area contributed by atoms with Crippen LogP contribution in [-0.4, -0.2) is 47.8 Å². The molecule has 134 valence electrons. The first-order valence-corrected chi connectivity index (χ1v) is 7.87. The van der Waals surface area contributed by atoms with Gasteiger partial charge in [-0.2, -0.15) is 0 Å². The predicted octanol–water partition coefficient (Wildman–Crippen LogP) is -0.358. The van der Waals surface area contributed by atoms with Crippen molar-refractivity contribution in [2.24, 2.45) is 5.73 Å². The van der Waals surface area contributed by atoms with Gasteiger partial charge in [-0.25, -0.2) is 5.48 Å². The molecule has 2 amide bonds. The summed E-state index contributed by atoms with van der Waals surface area (Å²) in [4.78, 5) is 23.6. The van der Waals surface area contributed by atoms with E-state index in [1.54, 1.807) is 12.1 Å². The summed E-state index contributed by atoms with van der Waals surface area (Å²) in [7, 11) is 1.83. The molecule has 0 saturated heterocycles. The third-order valence-corrected chi connectivity index (χ3v) is 3.65. The maximum Gasteiger partial charge on any atom is 0.240 e. The Bertz CT molecular complexity index is 521. The number of carbonyl (C=O) groups is 2. The van der Waals surface area contributed by atoms with Crippen LogP contribution >= 0.6 is 0 Å². The van der Waals surface area contributed by atoms with Crippen molar-refractivity contribution in [3.63, 3.8) is 0 Å². The minimum atomic E-state index is -0.848. The molecule has 0 fully saturated rings. The van der Waals surface area contributed by atoms with Gasteiger partial charge in [0, 0.05) is 18.9 Å². The molecule has 8 heteroatoms. The van der Waals surface area contributed by atoms with Crippen LogP contribution in [0.4, 0.5) is 0 Å². The number of primary amides is 1. The predicted molar refractivity (Wildman–Crippen MR) is 89.4 cm³/mol. The van der Waals surface area contributed by atoms with Crippen LogP contribution in [0.2, 0.25) is 0 Å². The number of hydrogen-bond acceptors (Lipinski definition) is 6. The van der Waals surface area contributed by atoms with E-state index in [0.29, 0.717) is 6.42 Å². The lowest BCUT2D eigenvalue weighted by Gasteiger charge is -2.19. The number of rotatable bonds is 11. The van der Waals surface area contributed by atoms with Crippen LogP contribution in [0, 0.1) is 0 Å². The molecule has 24 heavy (non-hydrogen) atoms. The van der Waals surface area contributed by atoms with E-state index < -0.39 is 11.9 Å². The van der Waals surface area contributed by atoms with Gasteiger partial charge in [-0.05, 0) is 44.1 Å². The number of phenols is 1. The first-order chi connectivity index (χ1) is 11.5. The molecule has 0 radical (unpaired) electrons. The lowest BCUT2D eigenvalue weighted by Crippen LogP contribution is -2.47. The molecule has 1 aromatic carbocycles. The van der Waals surface area contributed by atoms with Gasteiger partial charge >= 0.3 is 0 Å². The number of amides is 2. The van der Waals surface area contributed by atoms with Crippen molar-refractivity contribution < 1.29 is 19.9 Å². The summed E-state index contributed by atoms with van der Waals surface area (Å²) in [5.41, 5.74) is 8.23. The Morgan fingerprint density at radius 2 is 1.92 bits per heavy atom. The topological polar surface area (TPSA) is 137 Å². The molecule has 0 unspecified atom stereocenters. The fourth-order valence-electron chi connectivity index (χ4n) is 2.31. The summed E-state index contributed by atoms with van der Waals surface area (Å²) in [6.07, 6.45) is 1.69. The Kier molecular flexibility index (Phi) is 8.77. The van der Waals surface area contributed by atoms with Crippen LogP contribution in [-0.2, 0) is 16.0 Å². The van der Waals surface area contributed by atoms with Crippen LogP contribution in [0.5, 0.6) is 5.75 Å². The molecule has 1 rings (SSSR count). The SMILES string of the molecule is CNCCC[C@@H](CC(=O)N[C@@H](Cc1ccc(O)cc1)C(N)=O)NO. The Hall–Kier alpha value is -2.16. The quantitative estimate of drug-likeness (QED) is 0.241. The highest BCUT2D eigenvalue weighted by Crippen LogP contribution is 2.11. The summed E-state index contributed by atoms with van der Waals surface area (Å²) in [5, 5.41) is 24.0. The average molecular weight is 338 g/mol. The molecule has 0 bridgehead atoms. The van der Waals surface area contributed by atoms with Crippen molar-refractivity contribution in [3.8, 4) is 5.75 Å². The molecule has 0 spiro atoms. The first kappa shape index (κ1) is 19.9.